The molecule has 8 heteroatoms. The fourth-order valence-corrected chi connectivity index (χ4v) is 3.01. The van der Waals surface area contributed by atoms with Gasteiger partial charge in [0.15, 0.2) is 5.82 Å². The average molecular weight is 333 g/mol. The van der Waals surface area contributed by atoms with Crippen LogP contribution < -0.4 is 5.32 Å². The molecule has 0 spiro atoms. The number of nitrogens with one attached hydrogen (secondary N) is 1. The van der Waals surface area contributed by atoms with Crippen LogP contribution >= 0.6 is 0 Å². The number of ether oxygens (including phenoxy) is 1. The summed E-state index contributed by atoms with van der Waals surface area (Å²) in [7, 11) is 1.67. The number of carbonyl (C=O) groups excluding carboxylic acids is 1. The van der Waals surface area contributed by atoms with Crippen LogP contribution in [0.5, 0.6) is 0 Å². The van der Waals surface area contributed by atoms with Crippen LogP contribution in [0.3, 0.4) is 0 Å². The average Bonchev–Trinajstić information content (AvgIpc) is 2.96. The van der Waals surface area contributed by atoms with Crippen LogP contribution in [0.4, 0.5) is 19.0 Å². The first-order valence-corrected chi connectivity index (χ1v) is 7.56. The van der Waals surface area contributed by atoms with E-state index in [0.717, 1.165) is 18.5 Å². The van der Waals surface area contributed by atoms with E-state index in [-0.39, 0.29) is 17.3 Å². The summed E-state index contributed by atoms with van der Waals surface area (Å²) in [6.45, 7) is 6.52. The molecule has 0 bridgehead atoms. The number of anilines is 1. The molecule has 130 valence electrons. The third-order valence-corrected chi connectivity index (χ3v) is 3.80. The summed E-state index contributed by atoms with van der Waals surface area (Å²) < 4.78 is 44.8. The van der Waals surface area contributed by atoms with Crippen molar-refractivity contribution in [3.8, 4) is 0 Å². The topological polar surface area (TPSA) is 56.2 Å². The summed E-state index contributed by atoms with van der Waals surface area (Å²) >= 11 is 0. The lowest BCUT2D eigenvalue weighted by Crippen LogP contribution is -2.30. The van der Waals surface area contributed by atoms with E-state index in [9.17, 15) is 18.0 Å². The Kier molecular flexibility index (Phi) is 4.75. The van der Waals surface area contributed by atoms with E-state index in [1.165, 1.54) is 4.68 Å². The van der Waals surface area contributed by atoms with Crippen LogP contribution in [0.1, 0.15) is 44.9 Å². The van der Waals surface area contributed by atoms with Gasteiger partial charge in [-0.15, -0.1) is 0 Å². The Labute approximate surface area is 133 Å². The number of hydrogen-bond acceptors (Lipinski definition) is 3. The van der Waals surface area contributed by atoms with E-state index in [4.69, 9.17) is 4.74 Å². The molecule has 0 saturated carbocycles. The molecule has 2 heterocycles. The van der Waals surface area contributed by atoms with Gasteiger partial charge in [-0.2, -0.15) is 18.3 Å². The Morgan fingerprint density at radius 1 is 1.39 bits per heavy atom. The maximum Gasteiger partial charge on any atom is 0.471 e. The van der Waals surface area contributed by atoms with Crippen molar-refractivity contribution in [3.63, 3.8) is 0 Å². The van der Waals surface area contributed by atoms with E-state index >= 15 is 0 Å². The zero-order chi connectivity index (χ0) is 17.4. The summed E-state index contributed by atoms with van der Waals surface area (Å²) in [6.07, 6.45) is -2.78. The number of hydrogen-bond donors (Lipinski definition) is 1. The summed E-state index contributed by atoms with van der Waals surface area (Å²) in [6, 6.07) is 0. The Morgan fingerprint density at radius 2 is 2.04 bits per heavy atom. The van der Waals surface area contributed by atoms with Gasteiger partial charge in [0.25, 0.3) is 0 Å². The number of aromatic nitrogens is 2. The second-order valence-corrected chi connectivity index (χ2v) is 6.84. The third kappa shape index (κ3) is 4.04. The molecule has 1 aromatic rings. The van der Waals surface area contributed by atoms with Crippen molar-refractivity contribution in [2.24, 2.45) is 7.05 Å². The van der Waals surface area contributed by atoms with Crippen molar-refractivity contribution in [1.29, 1.82) is 0 Å². The number of rotatable bonds is 3. The van der Waals surface area contributed by atoms with Crippen molar-refractivity contribution in [2.75, 3.05) is 11.9 Å². The fraction of sp³-hybridized carbons (Fsp3) is 0.733. The molecule has 1 saturated heterocycles. The molecule has 1 aliphatic heterocycles. The maximum absolute atomic E-state index is 12.5. The van der Waals surface area contributed by atoms with E-state index in [1.54, 1.807) is 7.05 Å². The molecule has 5 nitrogen and oxygen atoms in total. The minimum atomic E-state index is -4.94. The van der Waals surface area contributed by atoms with Crippen LogP contribution in [0.15, 0.2) is 0 Å². The highest BCUT2D eigenvalue weighted by molar-refractivity contribution is 5.94. The normalized spacial score (nSPS) is 19.2. The highest BCUT2D eigenvalue weighted by Gasteiger charge is 2.40. The van der Waals surface area contributed by atoms with Crippen LogP contribution in [-0.2, 0) is 28.4 Å². The lowest BCUT2D eigenvalue weighted by Gasteiger charge is -2.22. The first-order valence-electron chi connectivity index (χ1n) is 7.56. The number of halogens is 3. The largest absolute Gasteiger partial charge is 0.471 e. The van der Waals surface area contributed by atoms with Crippen molar-refractivity contribution < 1.29 is 22.7 Å². The zero-order valence-electron chi connectivity index (χ0n) is 13.8. The van der Waals surface area contributed by atoms with Gasteiger partial charge < -0.3 is 10.1 Å². The predicted molar refractivity (Wildman–Crippen MR) is 79.3 cm³/mol. The van der Waals surface area contributed by atoms with Gasteiger partial charge in [-0.1, -0.05) is 20.8 Å². The lowest BCUT2D eigenvalue weighted by molar-refractivity contribution is -0.167. The Balaban J connectivity index is 2.38. The van der Waals surface area contributed by atoms with E-state index in [1.807, 2.05) is 26.1 Å². The molecule has 0 aliphatic carbocycles. The van der Waals surface area contributed by atoms with Gasteiger partial charge in [0.05, 0.1) is 6.10 Å². The van der Waals surface area contributed by atoms with E-state index in [2.05, 4.69) is 5.10 Å². The van der Waals surface area contributed by atoms with Gasteiger partial charge >= 0.3 is 12.1 Å². The summed E-state index contributed by atoms with van der Waals surface area (Å²) in [5, 5.41) is 6.01. The first kappa shape index (κ1) is 17.8. The summed E-state index contributed by atoms with van der Waals surface area (Å²) in [5.41, 5.74) is 1.09. The van der Waals surface area contributed by atoms with Gasteiger partial charge in [0, 0.05) is 36.7 Å². The van der Waals surface area contributed by atoms with Crippen molar-refractivity contribution >= 4 is 11.7 Å². The van der Waals surface area contributed by atoms with Crippen LogP contribution in [0.25, 0.3) is 0 Å². The summed E-state index contributed by atoms with van der Waals surface area (Å²) in [4.78, 5) is 11.3. The minimum Gasteiger partial charge on any atom is -0.378 e. The highest BCUT2D eigenvalue weighted by Crippen LogP contribution is 2.33. The predicted octanol–water partition coefficient (Wildman–Crippen LogP) is 2.94. The molecule has 1 fully saturated rings. The molecule has 1 atom stereocenters. The lowest BCUT2D eigenvalue weighted by atomic mass is 9.87. The van der Waals surface area contributed by atoms with Gasteiger partial charge in [-0.3, -0.25) is 9.48 Å². The monoisotopic (exact) mass is 333 g/mol. The quantitative estimate of drug-likeness (QED) is 0.925. The third-order valence-electron chi connectivity index (χ3n) is 3.80. The Hall–Kier alpha value is -1.57. The van der Waals surface area contributed by atoms with E-state index < -0.39 is 12.1 Å². The van der Waals surface area contributed by atoms with Crippen LogP contribution in [-0.4, -0.2) is 34.6 Å². The number of amides is 1. The Bertz CT molecular complexity index is 582. The second kappa shape index (κ2) is 6.14. The number of alkyl halides is 3. The molecule has 0 aromatic carbocycles. The number of aryl methyl sites for hydroxylation is 1. The molecule has 1 aliphatic rings. The molecule has 2 rings (SSSR count). The molecule has 1 amide bonds. The van der Waals surface area contributed by atoms with Crippen molar-refractivity contribution in [1.82, 2.24) is 9.78 Å². The van der Waals surface area contributed by atoms with E-state index in [0.29, 0.717) is 18.6 Å². The second-order valence-electron chi connectivity index (χ2n) is 6.84. The molecule has 1 N–H and O–H groups in total. The minimum absolute atomic E-state index is 0.0322. The first-order chi connectivity index (χ1) is 10.5. The number of carbonyl (C=O) groups is 1. The van der Waals surface area contributed by atoms with Gasteiger partial charge in [0.2, 0.25) is 0 Å². The standard InChI is InChI=1S/C15H22F3N3O2/c1-14(2,3)11-10(8-9-6-5-7-23-9)12(20-21(11)4)19-13(22)15(16,17)18/h9H,5-8H2,1-4H3,(H,19,20,22)/t9-/m1/s1. The van der Waals surface area contributed by atoms with Gasteiger partial charge in [-0.25, -0.2) is 0 Å². The van der Waals surface area contributed by atoms with Crippen molar-refractivity contribution in [2.45, 2.75) is 57.7 Å². The zero-order valence-corrected chi connectivity index (χ0v) is 13.8. The summed E-state index contributed by atoms with van der Waals surface area (Å²) in [5.74, 6) is -2.04. The molecule has 1 aromatic heterocycles. The molecular weight excluding hydrogens is 311 g/mol. The Morgan fingerprint density at radius 3 is 2.52 bits per heavy atom. The van der Waals surface area contributed by atoms with Crippen molar-refractivity contribution in [3.05, 3.63) is 11.3 Å². The molecule has 0 unspecified atom stereocenters. The smallest absolute Gasteiger partial charge is 0.378 e. The maximum atomic E-state index is 12.5. The molecular formula is C15H22F3N3O2. The number of nitrogens with zero attached hydrogens (tertiary/aromatic N) is 2. The fourth-order valence-electron chi connectivity index (χ4n) is 3.01. The molecule has 0 radical (unpaired) electrons. The molecule has 23 heavy (non-hydrogen) atoms. The van der Waals surface area contributed by atoms with Gasteiger partial charge in [0.1, 0.15) is 0 Å². The van der Waals surface area contributed by atoms with Crippen LogP contribution in [0, 0.1) is 0 Å². The SMILES string of the molecule is Cn1nc(NC(=O)C(F)(F)F)c(C[C@H]2CCCO2)c1C(C)(C)C. The van der Waals surface area contributed by atoms with Gasteiger partial charge in [-0.05, 0) is 12.8 Å². The van der Waals surface area contributed by atoms with Crippen LogP contribution in [0.2, 0.25) is 0 Å². The highest BCUT2D eigenvalue weighted by atomic mass is 19.4.